The summed E-state index contributed by atoms with van der Waals surface area (Å²) >= 11 is 0. The largest absolute Gasteiger partial charge is 0.467 e. The van der Waals surface area contributed by atoms with Crippen LogP contribution in [0.15, 0.2) is 63.7 Å². The van der Waals surface area contributed by atoms with Crippen molar-refractivity contribution in [2.24, 2.45) is 0 Å². The van der Waals surface area contributed by atoms with E-state index in [1.54, 1.807) is 12.3 Å². The smallest absolute Gasteiger partial charge is 0.278 e. The number of rotatable bonds is 5. The maximum Gasteiger partial charge on any atom is 0.278 e. The summed E-state index contributed by atoms with van der Waals surface area (Å²) in [5.41, 5.74) is 2.54. The van der Waals surface area contributed by atoms with Crippen molar-refractivity contribution in [1.82, 2.24) is 20.3 Å². The lowest BCUT2D eigenvalue weighted by Crippen LogP contribution is -2.01. The van der Waals surface area contributed by atoms with E-state index in [9.17, 15) is 0 Å². The van der Waals surface area contributed by atoms with Gasteiger partial charge in [-0.15, -0.1) is 10.2 Å². The molecule has 0 aliphatic heterocycles. The van der Waals surface area contributed by atoms with Gasteiger partial charge in [-0.3, -0.25) is 0 Å². The second kappa shape index (κ2) is 6.56. The van der Waals surface area contributed by atoms with Gasteiger partial charge in [0.05, 0.1) is 12.8 Å². The Morgan fingerprint density at radius 3 is 2.68 bits per heavy atom. The maximum atomic E-state index is 5.32. The Bertz CT molecular complexity index is 961. The highest BCUT2D eigenvalue weighted by Gasteiger charge is 2.13. The summed E-state index contributed by atoms with van der Waals surface area (Å²) in [6.07, 6.45) is 1.63. The van der Waals surface area contributed by atoms with Gasteiger partial charge in [0.25, 0.3) is 5.89 Å². The van der Waals surface area contributed by atoms with E-state index in [1.165, 1.54) is 0 Å². The molecule has 0 radical (unpaired) electrons. The van der Waals surface area contributed by atoms with Crippen molar-refractivity contribution in [1.29, 1.82) is 0 Å². The standard InChI is InChI=1S/C18H15N5O2/c1-12-5-2-3-7-14(12)17-20-18(25-23-17)15-8-9-16(22-21-15)19-11-13-6-4-10-24-13/h2-10H,11H2,1H3,(H,19,22). The summed E-state index contributed by atoms with van der Waals surface area (Å²) in [6, 6.07) is 15.2. The van der Waals surface area contributed by atoms with E-state index in [1.807, 2.05) is 49.4 Å². The Balaban J connectivity index is 1.50. The summed E-state index contributed by atoms with van der Waals surface area (Å²) in [6.45, 7) is 2.55. The van der Waals surface area contributed by atoms with Gasteiger partial charge in [-0.25, -0.2) is 0 Å². The van der Waals surface area contributed by atoms with Gasteiger partial charge in [0.15, 0.2) is 5.69 Å². The number of nitrogens with one attached hydrogen (secondary N) is 1. The zero-order valence-electron chi connectivity index (χ0n) is 13.5. The van der Waals surface area contributed by atoms with E-state index in [2.05, 4.69) is 25.7 Å². The molecule has 0 spiro atoms. The van der Waals surface area contributed by atoms with Crippen molar-refractivity contribution in [3.8, 4) is 23.0 Å². The molecule has 25 heavy (non-hydrogen) atoms. The summed E-state index contributed by atoms with van der Waals surface area (Å²) in [4.78, 5) is 4.41. The van der Waals surface area contributed by atoms with Crippen LogP contribution in [0.5, 0.6) is 0 Å². The molecule has 0 unspecified atom stereocenters. The van der Waals surface area contributed by atoms with E-state index in [-0.39, 0.29) is 0 Å². The van der Waals surface area contributed by atoms with Crippen LogP contribution < -0.4 is 5.32 Å². The van der Waals surface area contributed by atoms with Crippen molar-refractivity contribution >= 4 is 5.82 Å². The first-order chi connectivity index (χ1) is 12.3. The molecule has 3 heterocycles. The van der Waals surface area contributed by atoms with Crippen molar-refractivity contribution in [3.05, 3.63) is 66.1 Å². The van der Waals surface area contributed by atoms with Gasteiger partial charge in [-0.05, 0) is 36.8 Å². The zero-order chi connectivity index (χ0) is 17.1. The Hall–Kier alpha value is -3.48. The molecule has 7 nitrogen and oxygen atoms in total. The third-order valence-corrected chi connectivity index (χ3v) is 3.72. The SMILES string of the molecule is Cc1ccccc1-c1noc(-c2ccc(NCc3ccco3)nn2)n1. The highest BCUT2D eigenvalue weighted by Crippen LogP contribution is 2.23. The number of hydrogen-bond acceptors (Lipinski definition) is 7. The van der Waals surface area contributed by atoms with Gasteiger partial charge >= 0.3 is 0 Å². The second-order valence-corrected chi connectivity index (χ2v) is 5.47. The molecule has 0 saturated heterocycles. The van der Waals surface area contributed by atoms with Crippen LogP contribution in [-0.4, -0.2) is 20.3 Å². The van der Waals surface area contributed by atoms with E-state index < -0.39 is 0 Å². The highest BCUT2D eigenvalue weighted by atomic mass is 16.5. The van der Waals surface area contributed by atoms with Gasteiger partial charge in [-0.2, -0.15) is 4.98 Å². The van der Waals surface area contributed by atoms with Crippen molar-refractivity contribution in [2.75, 3.05) is 5.32 Å². The Kier molecular flexibility index (Phi) is 3.96. The van der Waals surface area contributed by atoms with Crippen LogP contribution in [0, 0.1) is 6.92 Å². The molecule has 0 aliphatic rings. The van der Waals surface area contributed by atoms with E-state index in [0.29, 0.717) is 29.8 Å². The summed E-state index contributed by atoms with van der Waals surface area (Å²) in [7, 11) is 0. The molecule has 0 fully saturated rings. The van der Waals surface area contributed by atoms with Crippen LogP contribution in [0.25, 0.3) is 23.0 Å². The Labute approximate surface area is 143 Å². The molecule has 4 aromatic rings. The lowest BCUT2D eigenvalue weighted by Gasteiger charge is -2.02. The predicted octanol–water partition coefficient (Wildman–Crippen LogP) is 3.71. The summed E-state index contributed by atoms with van der Waals surface area (Å²) in [5.74, 6) is 2.34. The minimum absolute atomic E-state index is 0.336. The van der Waals surface area contributed by atoms with Crippen LogP contribution >= 0.6 is 0 Å². The molecule has 0 bridgehead atoms. The van der Waals surface area contributed by atoms with Crippen LogP contribution in [0.1, 0.15) is 11.3 Å². The minimum Gasteiger partial charge on any atom is -0.467 e. The van der Waals surface area contributed by atoms with Gasteiger partial charge < -0.3 is 14.3 Å². The van der Waals surface area contributed by atoms with Crippen LogP contribution in [-0.2, 0) is 6.54 Å². The number of aryl methyl sites for hydroxylation is 1. The molecule has 0 aliphatic carbocycles. The quantitative estimate of drug-likeness (QED) is 0.595. The predicted molar refractivity (Wildman–Crippen MR) is 91.5 cm³/mol. The number of aromatic nitrogens is 4. The van der Waals surface area contributed by atoms with E-state index in [4.69, 9.17) is 8.94 Å². The summed E-state index contributed by atoms with van der Waals surface area (Å²) in [5, 5.41) is 15.4. The number of furan rings is 1. The molecule has 124 valence electrons. The van der Waals surface area contributed by atoms with Gasteiger partial charge in [0, 0.05) is 5.56 Å². The monoisotopic (exact) mass is 333 g/mol. The fourth-order valence-electron chi connectivity index (χ4n) is 2.39. The lowest BCUT2D eigenvalue weighted by atomic mass is 10.1. The fourth-order valence-corrected chi connectivity index (χ4v) is 2.39. The zero-order valence-corrected chi connectivity index (χ0v) is 13.5. The number of anilines is 1. The maximum absolute atomic E-state index is 5.32. The first kappa shape index (κ1) is 15.1. The van der Waals surface area contributed by atoms with Crippen LogP contribution in [0.3, 0.4) is 0 Å². The van der Waals surface area contributed by atoms with Gasteiger partial charge in [0.1, 0.15) is 11.6 Å². The van der Waals surface area contributed by atoms with Crippen LogP contribution in [0.4, 0.5) is 5.82 Å². The van der Waals surface area contributed by atoms with Crippen molar-refractivity contribution < 1.29 is 8.94 Å². The molecule has 0 atom stereocenters. The number of benzene rings is 1. The third kappa shape index (κ3) is 3.25. The lowest BCUT2D eigenvalue weighted by molar-refractivity contribution is 0.430. The molecule has 4 rings (SSSR count). The average molecular weight is 333 g/mol. The fraction of sp³-hybridized carbons (Fsp3) is 0.111. The molecule has 1 aromatic carbocycles. The molecule has 0 amide bonds. The minimum atomic E-state index is 0.336. The number of nitrogens with zero attached hydrogens (tertiary/aromatic N) is 4. The summed E-state index contributed by atoms with van der Waals surface area (Å²) < 4.78 is 10.6. The Morgan fingerprint density at radius 2 is 1.92 bits per heavy atom. The van der Waals surface area contributed by atoms with Crippen molar-refractivity contribution in [2.45, 2.75) is 13.5 Å². The van der Waals surface area contributed by atoms with Gasteiger partial charge in [-0.1, -0.05) is 29.4 Å². The van der Waals surface area contributed by atoms with Gasteiger partial charge in [0.2, 0.25) is 5.82 Å². The molecule has 1 N–H and O–H groups in total. The topological polar surface area (TPSA) is 89.9 Å². The second-order valence-electron chi connectivity index (χ2n) is 5.47. The third-order valence-electron chi connectivity index (χ3n) is 3.72. The number of hydrogen-bond donors (Lipinski definition) is 1. The first-order valence-corrected chi connectivity index (χ1v) is 7.80. The molecule has 3 aromatic heterocycles. The average Bonchev–Trinajstić information content (AvgIpc) is 3.33. The highest BCUT2D eigenvalue weighted by molar-refractivity contribution is 5.61. The van der Waals surface area contributed by atoms with Crippen LogP contribution in [0.2, 0.25) is 0 Å². The van der Waals surface area contributed by atoms with E-state index >= 15 is 0 Å². The normalized spacial score (nSPS) is 10.8. The Morgan fingerprint density at radius 1 is 1.00 bits per heavy atom. The molecule has 7 heteroatoms. The molecule has 0 saturated carbocycles. The van der Waals surface area contributed by atoms with E-state index in [0.717, 1.165) is 16.9 Å². The first-order valence-electron chi connectivity index (χ1n) is 7.80. The molecular formula is C18H15N5O2. The molecular weight excluding hydrogens is 318 g/mol. The van der Waals surface area contributed by atoms with Crippen molar-refractivity contribution in [3.63, 3.8) is 0 Å².